The maximum Gasteiger partial charge on any atom is 0.319 e. The number of aromatic hydroxyl groups is 1. The first kappa shape index (κ1) is 22.8. The quantitative estimate of drug-likeness (QED) is 0.449. The zero-order chi connectivity index (χ0) is 23.6. The van der Waals surface area contributed by atoms with Crippen LogP contribution in [0.5, 0.6) is 5.75 Å². The van der Waals surface area contributed by atoms with Gasteiger partial charge in [0.25, 0.3) is 0 Å². The number of quaternary nitrogens is 1. The van der Waals surface area contributed by atoms with Gasteiger partial charge in [0.1, 0.15) is 23.7 Å². The van der Waals surface area contributed by atoms with Crippen LogP contribution in [0, 0.1) is 0 Å². The monoisotopic (exact) mass is 466 g/mol. The third kappa shape index (κ3) is 5.35. The molecule has 4 rings (SSSR count). The van der Waals surface area contributed by atoms with E-state index in [1.165, 1.54) is 34.2 Å². The predicted molar refractivity (Wildman–Crippen MR) is 127 cm³/mol. The van der Waals surface area contributed by atoms with Crippen molar-refractivity contribution in [2.45, 2.75) is 36.7 Å². The molecule has 0 aliphatic carbocycles. The van der Waals surface area contributed by atoms with Crippen molar-refractivity contribution < 1.29 is 23.2 Å². The van der Waals surface area contributed by atoms with Crippen LogP contribution in [0.4, 0.5) is 10.5 Å². The minimum atomic E-state index is -3.76. The first-order valence-corrected chi connectivity index (χ1v) is 12.5. The number of fused-ring (bicyclic) bond motifs is 1. The van der Waals surface area contributed by atoms with E-state index in [4.69, 9.17) is 0 Å². The van der Waals surface area contributed by atoms with Crippen LogP contribution in [0.3, 0.4) is 0 Å². The molecule has 3 aromatic rings. The van der Waals surface area contributed by atoms with Gasteiger partial charge < -0.3 is 20.6 Å². The van der Waals surface area contributed by atoms with Crippen molar-refractivity contribution in [3.8, 4) is 5.75 Å². The molecule has 0 saturated heterocycles. The molecular formula is C25H28N3O4S+. The highest BCUT2D eigenvalue weighted by molar-refractivity contribution is 7.90. The molecule has 0 radical (unpaired) electrons. The SMILES string of the molecule is CC(NC(=O)Nc1ccc(S(=O)(=O)Cc2ccc3c(c2)C[NH+](C)C3)c(O)c1)c1ccccc1. The van der Waals surface area contributed by atoms with Crippen molar-refractivity contribution in [3.63, 3.8) is 0 Å². The number of carbonyl (C=O) groups is 1. The van der Waals surface area contributed by atoms with Crippen molar-refractivity contribution >= 4 is 21.6 Å². The number of urea groups is 1. The lowest BCUT2D eigenvalue weighted by atomic mass is 10.1. The van der Waals surface area contributed by atoms with Crippen LogP contribution in [0.15, 0.2) is 71.6 Å². The number of hydrogen-bond acceptors (Lipinski definition) is 4. The fourth-order valence-electron chi connectivity index (χ4n) is 4.16. The van der Waals surface area contributed by atoms with Gasteiger partial charge in [-0.25, -0.2) is 13.2 Å². The number of phenols is 1. The molecule has 3 aromatic carbocycles. The maximum absolute atomic E-state index is 13.0. The summed E-state index contributed by atoms with van der Waals surface area (Å²) >= 11 is 0. The highest BCUT2D eigenvalue weighted by Crippen LogP contribution is 2.29. The van der Waals surface area contributed by atoms with Crippen LogP contribution in [0.25, 0.3) is 0 Å². The molecule has 0 spiro atoms. The van der Waals surface area contributed by atoms with E-state index in [1.54, 1.807) is 0 Å². The summed E-state index contributed by atoms with van der Waals surface area (Å²) < 4.78 is 25.9. The number of nitrogens with one attached hydrogen (secondary N) is 3. The highest BCUT2D eigenvalue weighted by Gasteiger charge is 2.23. The summed E-state index contributed by atoms with van der Waals surface area (Å²) in [6, 6.07) is 18.7. The molecule has 2 amide bonds. The fourth-order valence-corrected chi connectivity index (χ4v) is 5.59. The second-order valence-corrected chi connectivity index (χ2v) is 10.5. The Morgan fingerprint density at radius 1 is 1.03 bits per heavy atom. The number of amides is 2. The Morgan fingerprint density at radius 3 is 2.48 bits per heavy atom. The van der Waals surface area contributed by atoms with Gasteiger partial charge in [0.05, 0.1) is 18.8 Å². The Kier molecular flexibility index (Phi) is 6.40. The molecule has 1 heterocycles. The second-order valence-electron chi connectivity index (χ2n) is 8.59. The molecule has 2 unspecified atom stereocenters. The van der Waals surface area contributed by atoms with E-state index in [2.05, 4.69) is 17.7 Å². The van der Waals surface area contributed by atoms with E-state index in [0.29, 0.717) is 11.3 Å². The molecule has 0 aromatic heterocycles. The van der Waals surface area contributed by atoms with Crippen molar-refractivity contribution in [1.82, 2.24) is 5.32 Å². The average Bonchev–Trinajstić information content (AvgIpc) is 3.13. The summed E-state index contributed by atoms with van der Waals surface area (Å²) in [5, 5.41) is 15.9. The maximum atomic E-state index is 13.0. The van der Waals surface area contributed by atoms with Crippen LogP contribution < -0.4 is 15.5 Å². The third-order valence-electron chi connectivity index (χ3n) is 5.81. The molecular weight excluding hydrogens is 438 g/mol. The first-order chi connectivity index (χ1) is 15.7. The van der Waals surface area contributed by atoms with Gasteiger partial charge in [-0.3, -0.25) is 0 Å². The lowest BCUT2D eigenvalue weighted by Crippen LogP contribution is -3.04. The molecule has 2 atom stereocenters. The number of anilines is 1. The van der Waals surface area contributed by atoms with Gasteiger partial charge in [-0.2, -0.15) is 0 Å². The Bertz CT molecular complexity index is 1280. The van der Waals surface area contributed by atoms with Gasteiger partial charge in [-0.1, -0.05) is 42.5 Å². The molecule has 7 nitrogen and oxygen atoms in total. The summed E-state index contributed by atoms with van der Waals surface area (Å²) in [6.45, 7) is 3.68. The fraction of sp³-hybridized carbons (Fsp3) is 0.240. The van der Waals surface area contributed by atoms with Crippen molar-refractivity contribution in [2.24, 2.45) is 0 Å². The lowest BCUT2D eigenvalue weighted by Gasteiger charge is -2.15. The lowest BCUT2D eigenvalue weighted by molar-refractivity contribution is -0.900. The highest BCUT2D eigenvalue weighted by atomic mass is 32.2. The normalized spacial score (nSPS) is 16.1. The van der Waals surface area contributed by atoms with E-state index in [1.807, 2.05) is 55.5 Å². The van der Waals surface area contributed by atoms with Crippen molar-refractivity contribution in [2.75, 3.05) is 12.4 Å². The summed E-state index contributed by atoms with van der Waals surface area (Å²) in [5.41, 5.74) is 4.36. The second kappa shape index (κ2) is 9.25. The van der Waals surface area contributed by atoms with Crippen LogP contribution in [0.2, 0.25) is 0 Å². The topological polar surface area (TPSA) is 99.9 Å². The van der Waals surface area contributed by atoms with E-state index >= 15 is 0 Å². The van der Waals surface area contributed by atoms with Crippen LogP contribution >= 0.6 is 0 Å². The summed E-state index contributed by atoms with van der Waals surface area (Å²) in [4.78, 5) is 13.5. The van der Waals surface area contributed by atoms with Gasteiger partial charge >= 0.3 is 6.03 Å². The van der Waals surface area contributed by atoms with E-state index in [9.17, 15) is 18.3 Å². The van der Waals surface area contributed by atoms with Crippen LogP contribution in [-0.4, -0.2) is 26.6 Å². The van der Waals surface area contributed by atoms with Crippen LogP contribution in [0.1, 0.15) is 35.2 Å². The van der Waals surface area contributed by atoms with Crippen molar-refractivity contribution in [3.05, 3.63) is 89.0 Å². The smallest absolute Gasteiger partial charge is 0.319 e. The van der Waals surface area contributed by atoms with Gasteiger partial charge in [-0.05, 0) is 36.2 Å². The number of benzene rings is 3. The molecule has 8 heteroatoms. The molecule has 0 saturated carbocycles. The molecule has 0 bridgehead atoms. The zero-order valence-electron chi connectivity index (χ0n) is 18.6. The summed E-state index contributed by atoms with van der Waals surface area (Å²) in [5.74, 6) is -0.594. The molecule has 4 N–H and O–H groups in total. The average molecular weight is 467 g/mol. The van der Waals surface area contributed by atoms with E-state index in [0.717, 1.165) is 18.7 Å². The minimum absolute atomic E-state index is 0.158. The number of hydrogen-bond donors (Lipinski definition) is 4. The molecule has 0 fully saturated rings. The van der Waals surface area contributed by atoms with E-state index < -0.39 is 21.6 Å². The largest absolute Gasteiger partial charge is 0.507 e. The number of carbonyl (C=O) groups excluding carboxylic acids is 1. The molecule has 172 valence electrons. The predicted octanol–water partition coefficient (Wildman–Crippen LogP) is 2.78. The zero-order valence-corrected chi connectivity index (χ0v) is 19.4. The Hall–Kier alpha value is -3.36. The Morgan fingerprint density at radius 2 is 1.76 bits per heavy atom. The molecule has 1 aliphatic heterocycles. The third-order valence-corrected chi connectivity index (χ3v) is 7.54. The number of rotatable bonds is 6. The Labute approximate surface area is 194 Å². The summed E-state index contributed by atoms with van der Waals surface area (Å²) in [7, 11) is -1.66. The van der Waals surface area contributed by atoms with Crippen LogP contribution in [-0.2, 0) is 28.7 Å². The van der Waals surface area contributed by atoms with Gasteiger partial charge in [-0.15, -0.1) is 0 Å². The van der Waals surface area contributed by atoms with E-state index in [-0.39, 0.29) is 16.7 Å². The number of sulfone groups is 1. The Balaban J connectivity index is 1.43. The van der Waals surface area contributed by atoms with Gasteiger partial charge in [0.15, 0.2) is 9.84 Å². The van der Waals surface area contributed by atoms with Crippen molar-refractivity contribution in [1.29, 1.82) is 0 Å². The molecule has 1 aliphatic rings. The van der Waals surface area contributed by atoms with Gasteiger partial charge in [0, 0.05) is 22.9 Å². The first-order valence-electron chi connectivity index (χ1n) is 10.8. The summed E-state index contributed by atoms with van der Waals surface area (Å²) in [6.07, 6.45) is 0. The standard InChI is InChI=1S/C25H27N3O4S/c1-17(19-6-4-3-5-7-19)26-25(30)27-22-10-11-24(23(29)13-22)33(31,32)16-18-8-9-20-14-28(2)15-21(20)12-18/h3-13,17,29H,14-16H2,1-2H3,(H2,26,27,30)/p+1. The molecule has 33 heavy (non-hydrogen) atoms. The van der Waals surface area contributed by atoms with Gasteiger partial charge in [0.2, 0.25) is 0 Å². The minimum Gasteiger partial charge on any atom is -0.507 e. The number of phenolic OH excluding ortho intramolecular Hbond substituents is 1.